The van der Waals surface area contributed by atoms with Gasteiger partial charge in [-0.2, -0.15) is 9.97 Å². The molecule has 0 radical (unpaired) electrons. The van der Waals surface area contributed by atoms with Gasteiger partial charge in [0.25, 0.3) is 0 Å². The van der Waals surface area contributed by atoms with Crippen molar-refractivity contribution in [1.29, 1.82) is 0 Å². The first-order chi connectivity index (χ1) is 11.0. The predicted octanol–water partition coefficient (Wildman–Crippen LogP) is 2.16. The van der Waals surface area contributed by atoms with Gasteiger partial charge in [-0.15, -0.1) is 0 Å². The first-order valence-electron chi connectivity index (χ1n) is 6.41. The second kappa shape index (κ2) is 7.06. The molecular weight excluding hydrogens is 324 g/mol. The van der Waals surface area contributed by atoms with Gasteiger partial charge in [0.1, 0.15) is 0 Å². The lowest BCUT2D eigenvalue weighted by atomic mass is 10.0. The minimum atomic E-state index is -0.637. The molecule has 0 amide bonds. The van der Waals surface area contributed by atoms with Crippen molar-refractivity contribution in [3.05, 3.63) is 46.2 Å². The van der Waals surface area contributed by atoms with Crippen molar-refractivity contribution in [2.24, 2.45) is 0 Å². The summed E-state index contributed by atoms with van der Waals surface area (Å²) in [5.41, 5.74) is 0.210. The maximum absolute atomic E-state index is 12.6. The number of carbonyl (C=O) groups is 2. The Morgan fingerprint density at radius 3 is 1.96 bits per heavy atom. The van der Waals surface area contributed by atoms with Gasteiger partial charge in [-0.05, 0) is 6.07 Å². The van der Waals surface area contributed by atoms with E-state index in [4.69, 9.17) is 21.1 Å². The molecule has 0 atom stereocenters. The molecule has 1 aromatic heterocycles. The van der Waals surface area contributed by atoms with Crippen LogP contribution in [0.4, 0.5) is 0 Å². The SMILES string of the molecule is COC(=O)c1ccccc1C(=O)c1nc(OC)c(Cl)c(OC)n1. The van der Waals surface area contributed by atoms with Crippen LogP contribution in [0.2, 0.25) is 5.02 Å². The Kier molecular flexibility index (Phi) is 5.13. The maximum Gasteiger partial charge on any atom is 0.338 e. The number of ether oxygens (including phenoxy) is 3. The van der Waals surface area contributed by atoms with Crippen LogP contribution in [0, 0.1) is 0 Å². The molecule has 0 N–H and O–H groups in total. The molecule has 120 valence electrons. The quantitative estimate of drug-likeness (QED) is 0.610. The van der Waals surface area contributed by atoms with E-state index in [1.807, 2.05) is 0 Å². The number of nitrogens with zero attached hydrogens (tertiary/aromatic N) is 2. The monoisotopic (exact) mass is 336 g/mol. The van der Waals surface area contributed by atoms with E-state index in [9.17, 15) is 9.59 Å². The average Bonchev–Trinajstić information content (AvgIpc) is 2.60. The van der Waals surface area contributed by atoms with Gasteiger partial charge in [-0.1, -0.05) is 29.8 Å². The molecule has 0 unspecified atom stereocenters. The third-order valence-corrected chi connectivity index (χ3v) is 3.28. The molecule has 2 rings (SSSR count). The summed E-state index contributed by atoms with van der Waals surface area (Å²) in [6.07, 6.45) is 0. The third kappa shape index (κ3) is 3.24. The normalized spacial score (nSPS) is 10.1. The van der Waals surface area contributed by atoms with Crippen LogP contribution >= 0.6 is 11.6 Å². The number of carbonyl (C=O) groups excluding carboxylic acids is 2. The Labute approximate surface area is 137 Å². The van der Waals surface area contributed by atoms with Crippen LogP contribution in [-0.2, 0) is 4.74 Å². The molecular formula is C15H13ClN2O5. The van der Waals surface area contributed by atoms with E-state index in [-0.39, 0.29) is 33.7 Å². The van der Waals surface area contributed by atoms with Crippen LogP contribution in [0.1, 0.15) is 26.5 Å². The van der Waals surface area contributed by atoms with E-state index in [1.54, 1.807) is 12.1 Å². The first kappa shape index (κ1) is 16.7. The Bertz CT molecular complexity index is 738. The Morgan fingerprint density at radius 2 is 1.48 bits per heavy atom. The molecule has 1 heterocycles. The zero-order valence-corrected chi connectivity index (χ0v) is 13.4. The molecule has 0 aliphatic rings. The molecule has 7 nitrogen and oxygen atoms in total. The summed E-state index contributed by atoms with van der Waals surface area (Å²) in [6.45, 7) is 0. The second-order valence-electron chi connectivity index (χ2n) is 4.25. The average molecular weight is 337 g/mol. The van der Waals surface area contributed by atoms with Gasteiger partial charge in [0.15, 0.2) is 5.02 Å². The number of methoxy groups -OCH3 is 3. The predicted molar refractivity (Wildman–Crippen MR) is 81.4 cm³/mol. The lowest BCUT2D eigenvalue weighted by Gasteiger charge is -2.10. The molecule has 2 aromatic rings. The Balaban J connectivity index is 2.56. The number of rotatable bonds is 5. The van der Waals surface area contributed by atoms with Crippen molar-refractivity contribution in [3.63, 3.8) is 0 Å². The van der Waals surface area contributed by atoms with Gasteiger partial charge in [-0.25, -0.2) is 4.79 Å². The minimum Gasteiger partial charge on any atom is -0.480 e. The topological polar surface area (TPSA) is 87.6 Å². The smallest absolute Gasteiger partial charge is 0.338 e. The van der Waals surface area contributed by atoms with Crippen molar-refractivity contribution in [3.8, 4) is 11.8 Å². The molecule has 8 heteroatoms. The van der Waals surface area contributed by atoms with Crippen LogP contribution in [0.3, 0.4) is 0 Å². The van der Waals surface area contributed by atoms with E-state index >= 15 is 0 Å². The van der Waals surface area contributed by atoms with Crippen LogP contribution in [0.5, 0.6) is 11.8 Å². The van der Waals surface area contributed by atoms with Crippen LogP contribution < -0.4 is 9.47 Å². The molecule has 23 heavy (non-hydrogen) atoms. The van der Waals surface area contributed by atoms with E-state index in [0.29, 0.717) is 0 Å². The summed E-state index contributed by atoms with van der Waals surface area (Å²) < 4.78 is 14.7. The lowest BCUT2D eigenvalue weighted by molar-refractivity contribution is 0.0597. The van der Waals surface area contributed by atoms with Gasteiger partial charge < -0.3 is 14.2 Å². The van der Waals surface area contributed by atoms with E-state index in [1.165, 1.54) is 33.5 Å². The summed E-state index contributed by atoms with van der Waals surface area (Å²) in [6, 6.07) is 6.19. The summed E-state index contributed by atoms with van der Waals surface area (Å²) in [5.74, 6) is -1.43. The number of benzene rings is 1. The Morgan fingerprint density at radius 1 is 0.957 bits per heavy atom. The molecule has 0 fully saturated rings. The highest BCUT2D eigenvalue weighted by Gasteiger charge is 2.23. The van der Waals surface area contributed by atoms with E-state index < -0.39 is 11.8 Å². The highest BCUT2D eigenvalue weighted by molar-refractivity contribution is 6.33. The number of halogens is 1. The highest BCUT2D eigenvalue weighted by atomic mass is 35.5. The molecule has 0 saturated heterocycles. The standard InChI is InChI=1S/C15H13ClN2O5/c1-21-13-10(16)14(22-2)18-12(17-13)11(19)8-6-4-5-7-9(8)15(20)23-3/h4-7H,1-3H3. The van der Waals surface area contributed by atoms with Crippen molar-refractivity contribution >= 4 is 23.4 Å². The summed E-state index contributed by atoms with van der Waals surface area (Å²) >= 11 is 5.98. The minimum absolute atomic E-state index is 0.00239. The molecule has 0 bridgehead atoms. The fraction of sp³-hybridized carbons (Fsp3) is 0.200. The van der Waals surface area contributed by atoms with Gasteiger partial charge in [0.2, 0.25) is 23.4 Å². The molecule has 0 aliphatic carbocycles. The van der Waals surface area contributed by atoms with Crippen molar-refractivity contribution in [2.75, 3.05) is 21.3 Å². The second-order valence-corrected chi connectivity index (χ2v) is 4.62. The van der Waals surface area contributed by atoms with Gasteiger partial charge in [-0.3, -0.25) is 4.79 Å². The molecule has 0 spiro atoms. The van der Waals surface area contributed by atoms with Gasteiger partial charge >= 0.3 is 5.97 Å². The van der Waals surface area contributed by atoms with E-state index in [0.717, 1.165) is 0 Å². The number of aromatic nitrogens is 2. The molecule has 0 saturated carbocycles. The van der Waals surface area contributed by atoms with Crippen LogP contribution in [-0.4, -0.2) is 43.0 Å². The number of hydrogen-bond acceptors (Lipinski definition) is 7. The summed E-state index contributed by atoms with van der Waals surface area (Å²) in [5, 5.41) is 0.0489. The lowest BCUT2D eigenvalue weighted by Crippen LogP contribution is -2.14. The van der Waals surface area contributed by atoms with Crippen molar-refractivity contribution in [1.82, 2.24) is 9.97 Å². The number of hydrogen-bond donors (Lipinski definition) is 0. The van der Waals surface area contributed by atoms with Gasteiger partial charge in [0.05, 0.1) is 26.9 Å². The maximum atomic E-state index is 12.6. The largest absolute Gasteiger partial charge is 0.480 e. The number of ketones is 1. The number of esters is 1. The molecule has 0 aliphatic heterocycles. The molecule has 1 aromatic carbocycles. The zero-order valence-electron chi connectivity index (χ0n) is 12.6. The van der Waals surface area contributed by atoms with Crippen molar-refractivity contribution in [2.45, 2.75) is 0 Å². The first-order valence-corrected chi connectivity index (χ1v) is 6.78. The highest BCUT2D eigenvalue weighted by Crippen LogP contribution is 2.30. The van der Waals surface area contributed by atoms with Crippen LogP contribution in [0.25, 0.3) is 0 Å². The third-order valence-electron chi connectivity index (χ3n) is 2.96. The van der Waals surface area contributed by atoms with E-state index in [2.05, 4.69) is 14.7 Å². The fourth-order valence-corrected chi connectivity index (χ4v) is 2.11. The summed E-state index contributed by atoms with van der Waals surface area (Å²) in [4.78, 5) is 32.3. The Hall–Kier alpha value is -2.67. The van der Waals surface area contributed by atoms with Crippen LogP contribution in [0.15, 0.2) is 24.3 Å². The van der Waals surface area contributed by atoms with Crippen molar-refractivity contribution < 1.29 is 23.8 Å². The van der Waals surface area contributed by atoms with Gasteiger partial charge in [0, 0.05) is 5.56 Å². The summed E-state index contributed by atoms with van der Waals surface area (Å²) in [7, 11) is 3.93. The zero-order chi connectivity index (χ0) is 17.0. The fourth-order valence-electron chi connectivity index (χ4n) is 1.87.